The molecular formula is C9H8ClF2NO. The molecule has 0 aliphatic rings. The van der Waals surface area contributed by atoms with E-state index in [1.165, 1.54) is 19.0 Å². The van der Waals surface area contributed by atoms with Crippen molar-refractivity contribution in [3.8, 4) is 0 Å². The molecule has 1 aromatic rings. The lowest BCUT2D eigenvalue weighted by Gasteiger charge is -2.11. The summed E-state index contributed by atoms with van der Waals surface area (Å²) in [7, 11) is 2.94. The number of carbonyl (C=O) groups is 1. The van der Waals surface area contributed by atoms with E-state index in [0.717, 1.165) is 12.1 Å². The molecule has 1 amide bonds. The summed E-state index contributed by atoms with van der Waals surface area (Å²) >= 11 is 5.31. The minimum atomic E-state index is -1.02. The van der Waals surface area contributed by atoms with Crippen molar-refractivity contribution in [2.75, 3.05) is 14.1 Å². The number of halogens is 3. The van der Waals surface area contributed by atoms with Gasteiger partial charge in [0.1, 0.15) is 10.8 Å². The third kappa shape index (κ3) is 1.85. The topological polar surface area (TPSA) is 20.3 Å². The molecule has 0 saturated heterocycles. The number of hydrogen-bond acceptors (Lipinski definition) is 1. The fourth-order valence-corrected chi connectivity index (χ4v) is 1.10. The molecule has 0 heterocycles. The second-order valence-corrected chi connectivity index (χ2v) is 3.30. The summed E-state index contributed by atoms with van der Waals surface area (Å²) < 4.78 is 26.0. The Morgan fingerprint density at radius 3 is 2.43 bits per heavy atom. The molecular weight excluding hydrogens is 212 g/mol. The van der Waals surface area contributed by atoms with Crippen LogP contribution >= 0.6 is 11.6 Å². The maximum Gasteiger partial charge on any atom is 0.256 e. The van der Waals surface area contributed by atoms with Crippen LogP contribution in [-0.2, 0) is 0 Å². The molecule has 1 aromatic carbocycles. The predicted molar refractivity (Wildman–Crippen MR) is 49.4 cm³/mol. The van der Waals surface area contributed by atoms with Gasteiger partial charge in [0.25, 0.3) is 5.91 Å². The van der Waals surface area contributed by atoms with Gasteiger partial charge >= 0.3 is 0 Å². The van der Waals surface area contributed by atoms with Gasteiger partial charge in [0, 0.05) is 14.1 Å². The van der Waals surface area contributed by atoms with Gasteiger partial charge in [0.2, 0.25) is 0 Å². The number of amides is 1. The van der Waals surface area contributed by atoms with Crippen molar-refractivity contribution >= 4 is 17.5 Å². The first kappa shape index (κ1) is 10.9. The van der Waals surface area contributed by atoms with Crippen molar-refractivity contribution < 1.29 is 13.6 Å². The van der Waals surface area contributed by atoms with Gasteiger partial charge in [-0.25, -0.2) is 8.78 Å². The zero-order valence-corrected chi connectivity index (χ0v) is 8.40. The molecule has 0 N–H and O–H groups in total. The zero-order valence-electron chi connectivity index (χ0n) is 7.64. The number of rotatable bonds is 1. The molecule has 0 spiro atoms. The maximum absolute atomic E-state index is 13.3. The summed E-state index contributed by atoms with van der Waals surface area (Å²) in [5, 5.41) is -0.655. The lowest BCUT2D eigenvalue weighted by Crippen LogP contribution is -2.23. The molecule has 0 aliphatic heterocycles. The first-order valence-electron chi connectivity index (χ1n) is 3.80. The standard InChI is InChI=1S/C9H8ClF2NO/c1-13(2)9(14)5-3-4-6(11)7(10)8(5)12/h3-4H,1-2H3. The maximum atomic E-state index is 13.3. The van der Waals surface area contributed by atoms with Gasteiger partial charge in [-0.2, -0.15) is 0 Å². The number of benzene rings is 1. The second kappa shape index (κ2) is 3.92. The van der Waals surface area contributed by atoms with Crippen molar-refractivity contribution in [1.82, 2.24) is 4.90 Å². The van der Waals surface area contributed by atoms with Crippen LogP contribution in [0.25, 0.3) is 0 Å². The summed E-state index contributed by atoms with van der Waals surface area (Å²) in [6.07, 6.45) is 0. The van der Waals surface area contributed by atoms with Crippen LogP contribution < -0.4 is 0 Å². The quantitative estimate of drug-likeness (QED) is 0.664. The monoisotopic (exact) mass is 219 g/mol. The molecule has 0 bridgehead atoms. The van der Waals surface area contributed by atoms with Crippen LogP contribution in [0.2, 0.25) is 5.02 Å². The Labute approximate surface area is 85.1 Å². The van der Waals surface area contributed by atoms with Crippen molar-refractivity contribution in [2.24, 2.45) is 0 Å². The van der Waals surface area contributed by atoms with Crippen LogP contribution in [0, 0.1) is 11.6 Å². The van der Waals surface area contributed by atoms with Crippen molar-refractivity contribution in [3.05, 3.63) is 34.4 Å². The first-order chi connectivity index (χ1) is 6.45. The van der Waals surface area contributed by atoms with E-state index in [4.69, 9.17) is 11.6 Å². The van der Waals surface area contributed by atoms with Gasteiger partial charge in [-0.15, -0.1) is 0 Å². The predicted octanol–water partition coefficient (Wildman–Crippen LogP) is 2.32. The smallest absolute Gasteiger partial charge is 0.256 e. The molecule has 5 heteroatoms. The molecule has 0 atom stereocenters. The molecule has 2 nitrogen and oxygen atoms in total. The molecule has 0 unspecified atom stereocenters. The fraction of sp³-hybridized carbons (Fsp3) is 0.222. The molecule has 0 aromatic heterocycles. The molecule has 76 valence electrons. The Morgan fingerprint density at radius 2 is 1.93 bits per heavy atom. The summed E-state index contributed by atoms with van der Waals surface area (Å²) in [4.78, 5) is 12.5. The van der Waals surface area contributed by atoms with Crippen LogP contribution in [-0.4, -0.2) is 24.9 Å². The van der Waals surface area contributed by atoms with E-state index < -0.39 is 22.6 Å². The Kier molecular flexibility index (Phi) is 3.06. The van der Waals surface area contributed by atoms with E-state index in [2.05, 4.69) is 0 Å². The average Bonchev–Trinajstić information content (AvgIpc) is 2.13. The summed E-state index contributed by atoms with van der Waals surface area (Å²) in [5.74, 6) is -2.45. The minimum absolute atomic E-state index is 0.235. The number of hydrogen-bond donors (Lipinski definition) is 0. The molecule has 0 fully saturated rings. The van der Waals surface area contributed by atoms with Crippen molar-refractivity contribution in [3.63, 3.8) is 0 Å². The fourth-order valence-electron chi connectivity index (χ4n) is 0.932. The molecule has 0 aliphatic carbocycles. The van der Waals surface area contributed by atoms with Crippen LogP contribution in [0.1, 0.15) is 10.4 Å². The molecule has 0 saturated carbocycles. The summed E-state index contributed by atoms with van der Waals surface area (Å²) in [5.41, 5.74) is -0.235. The van der Waals surface area contributed by atoms with Gasteiger partial charge in [-0.1, -0.05) is 11.6 Å². The van der Waals surface area contributed by atoms with Crippen molar-refractivity contribution in [2.45, 2.75) is 0 Å². The summed E-state index contributed by atoms with van der Waals surface area (Å²) in [6.45, 7) is 0. The minimum Gasteiger partial charge on any atom is -0.345 e. The second-order valence-electron chi connectivity index (χ2n) is 2.92. The van der Waals surface area contributed by atoms with Gasteiger partial charge in [-0.05, 0) is 12.1 Å². The Hall–Kier alpha value is -1.16. The van der Waals surface area contributed by atoms with Gasteiger partial charge in [0.05, 0.1) is 5.56 Å². The number of carbonyl (C=O) groups excluding carboxylic acids is 1. The number of nitrogens with zero attached hydrogens (tertiary/aromatic N) is 1. The van der Waals surface area contributed by atoms with Crippen LogP contribution in [0.4, 0.5) is 8.78 Å². The highest BCUT2D eigenvalue weighted by molar-refractivity contribution is 6.31. The largest absolute Gasteiger partial charge is 0.345 e. The van der Waals surface area contributed by atoms with E-state index in [0.29, 0.717) is 0 Å². The van der Waals surface area contributed by atoms with E-state index >= 15 is 0 Å². The summed E-state index contributed by atoms with van der Waals surface area (Å²) in [6, 6.07) is 2.03. The zero-order chi connectivity index (χ0) is 10.9. The Balaban J connectivity index is 3.24. The highest BCUT2D eigenvalue weighted by atomic mass is 35.5. The third-order valence-electron chi connectivity index (χ3n) is 1.67. The molecule has 14 heavy (non-hydrogen) atoms. The van der Waals surface area contributed by atoms with E-state index in [9.17, 15) is 13.6 Å². The average molecular weight is 220 g/mol. The van der Waals surface area contributed by atoms with E-state index in [1.54, 1.807) is 0 Å². The van der Waals surface area contributed by atoms with Crippen LogP contribution in [0.5, 0.6) is 0 Å². The normalized spacial score (nSPS) is 10.1. The van der Waals surface area contributed by atoms with Crippen molar-refractivity contribution in [1.29, 1.82) is 0 Å². The lowest BCUT2D eigenvalue weighted by atomic mass is 10.2. The van der Waals surface area contributed by atoms with Crippen LogP contribution in [0.3, 0.4) is 0 Å². The van der Waals surface area contributed by atoms with Gasteiger partial charge in [-0.3, -0.25) is 4.79 Å². The molecule has 0 radical (unpaired) electrons. The first-order valence-corrected chi connectivity index (χ1v) is 4.18. The van der Waals surface area contributed by atoms with E-state index in [-0.39, 0.29) is 5.56 Å². The highest BCUT2D eigenvalue weighted by Crippen LogP contribution is 2.22. The highest BCUT2D eigenvalue weighted by Gasteiger charge is 2.18. The lowest BCUT2D eigenvalue weighted by molar-refractivity contribution is 0.0823. The van der Waals surface area contributed by atoms with E-state index in [1.807, 2.05) is 0 Å². The van der Waals surface area contributed by atoms with Crippen LogP contribution in [0.15, 0.2) is 12.1 Å². The SMILES string of the molecule is CN(C)C(=O)c1ccc(F)c(Cl)c1F. The molecule has 1 rings (SSSR count). The Bertz CT molecular complexity index is 379. The third-order valence-corrected chi connectivity index (χ3v) is 2.02. The van der Waals surface area contributed by atoms with Gasteiger partial charge in [0.15, 0.2) is 5.82 Å². The van der Waals surface area contributed by atoms with Gasteiger partial charge < -0.3 is 4.90 Å². The Morgan fingerprint density at radius 1 is 1.36 bits per heavy atom.